The second-order valence-electron chi connectivity index (χ2n) is 8.83. The standard InChI is InChI=1S/C29H29F3O2/c1-3-16-33-24-13-15-25(27(30)17-24)20-8-11-23(12-9-20)34-18-22-10-14-26(29(32)28(22)31)21-6-4-19(2)5-7-21/h3-7,10,13-15,17,20,23H,1,8-9,11-12,16,18H2,2H3. The van der Waals surface area contributed by atoms with Crippen LogP contribution < -0.4 is 4.74 Å². The second kappa shape index (κ2) is 10.9. The van der Waals surface area contributed by atoms with Crippen LogP contribution in [-0.2, 0) is 11.3 Å². The molecule has 3 aromatic carbocycles. The number of rotatable bonds is 8. The van der Waals surface area contributed by atoms with Crippen molar-refractivity contribution < 1.29 is 22.6 Å². The van der Waals surface area contributed by atoms with Gasteiger partial charge in [-0.2, -0.15) is 0 Å². The summed E-state index contributed by atoms with van der Waals surface area (Å²) in [6.07, 6.45) is 4.59. The van der Waals surface area contributed by atoms with E-state index in [1.165, 1.54) is 6.07 Å². The summed E-state index contributed by atoms with van der Waals surface area (Å²) in [5, 5.41) is 0. The molecule has 1 aliphatic carbocycles. The summed E-state index contributed by atoms with van der Waals surface area (Å²) in [5.74, 6) is -1.40. The van der Waals surface area contributed by atoms with Crippen molar-refractivity contribution in [2.24, 2.45) is 0 Å². The highest BCUT2D eigenvalue weighted by atomic mass is 19.2. The Morgan fingerprint density at radius 2 is 1.65 bits per heavy atom. The lowest BCUT2D eigenvalue weighted by Gasteiger charge is -2.29. The molecule has 34 heavy (non-hydrogen) atoms. The van der Waals surface area contributed by atoms with E-state index in [-0.39, 0.29) is 35.6 Å². The molecule has 1 saturated carbocycles. The van der Waals surface area contributed by atoms with Crippen molar-refractivity contribution in [3.05, 3.63) is 101 Å². The summed E-state index contributed by atoms with van der Waals surface area (Å²) >= 11 is 0. The van der Waals surface area contributed by atoms with Crippen LogP contribution in [0.1, 0.15) is 48.3 Å². The Morgan fingerprint density at radius 1 is 0.912 bits per heavy atom. The van der Waals surface area contributed by atoms with Gasteiger partial charge in [0.2, 0.25) is 0 Å². The molecular weight excluding hydrogens is 437 g/mol. The Balaban J connectivity index is 1.33. The minimum Gasteiger partial charge on any atom is -0.489 e. The van der Waals surface area contributed by atoms with Gasteiger partial charge in [-0.05, 0) is 55.7 Å². The predicted molar refractivity (Wildman–Crippen MR) is 128 cm³/mol. The molecule has 3 aromatic rings. The lowest BCUT2D eigenvalue weighted by atomic mass is 9.82. The van der Waals surface area contributed by atoms with E-state index in [1.54, 1.807) is 42.5 Å². The smallest absolute Gasteiger partial charge is 0.167 e. The third-order valence-electron chi connectivity index (χ3n) is 6.45. The molecule has 0 amide bonds. The zero-order valence-corrected chi connectivity index (χ0v) is 19.3. The Labute approximate surface area is 199 Å². The third kappa shape index (κ3) is 5.53. The molecule has 0 heterocycles. The molecule has 1 fully saturated rings. The molecule has 178 valence electrons. The fraction of sp³-hybridized carbons (Fsp3) is 0.310. The monoisotopic (exact) mass is 466 g/mol. The summed E-state index contributed by atoms with van der Waals surface area (Å²) in [7, 11) is 0. The molecule has 1 aliphatic rings. The van der Waals surface area contributed by atoms with Gasteiger partial charge in [-0.3, -0.25) is 0 Å². The highest BCUT2D eigenvalue weighted by Crippen LogP contribution is 2.37. The first-order valence-corrected chi connectivity index (χ1v) is 11.6. The van der Waals surface area contributed by atoms with Gasteiger partial charge in [-0.15, -0.1) is 0 Å². The molecule has 0 unspecified atom stereocenters. The van der Waals surface area contributed by atoms with E-state index in [4.69, 9.17) is 9.47 Å². The molecule has 0 bridgehead atoms. The Kier molecular flexibility index (Phi) is 7.73. The topological polar surface area (TPSA) is 18.5 Å². The normalized spacial score (nSPS) is 18.0. The van der Waals surface area contributed by atoms with Crippen LogP contribution in [0.2, 0.25) is 0 Å². The van der Waals surface area contributed by atoms with Crippen LogP contribution in [0, 0.1) is 24.4 Å². The zero-order chi connectivity index (χ0) is 24.1. The predicted octanol–water partition coefficient (Wildman–Crippen LogP) is 7.89. The largest absolute Gasteiger partial charge is 0.489 e. The molecule has 0 aliphatic heterocycles. The fourth-order valence-electron chi connectivity index (χ4n) is 4.49. The van der Waals surface area contributed by atoms with Gasteiger partial charge in [0.05, 0.1) is 12.7 Å². The fourth-order valence-corrected chi connectivity index (χ4v) is 4.49. The quantitative estimate of drug-likeness (QED) is 0.314. The van der Waals surface area contributed by atoms with E-state index in [2.05, 4.69) is 6.58 Å². The van der Waals surface area contributed by atoms with E-state index in [0.717, 1.165) is 31.2 Å². The van der Waals surface area contributed by atoms with Gasteiger partial charge in [0, 0.05) is 17.2 Å². The van der Waals surface area contributed by atoms with E-state index in [1.807, 2.05) is 19.1 Å². The Hall–Kier alpha value is -3.05. The average molecular weight is 467 g/mol. The van der Waals surface area contributed by atoms with E-state index in [9.17, 15) is 13.2 Å². The molecule has 5 heteroatoms. The minimum absolute atomic E-state index is 0.00989. The first kappa shape index (κ1) is 24.1. The number of halogens is 3. The number of aryl methyl sites for hydroxylation is 1. The van der Waals surface area contributed by atoms with Gasteiger partial charge >= 0.3 is 0 Å². The van der Waals surface area contributed by atoms with Crippen molar-refractivity contribution in [3.8, 4) is 16.9 Å². The maximum atomic E-state index is 14.7. The molecule has 0 radical (unpaired) electrons. The minimum atomic E-state index is -0.868. The number of hydrogen-bond acceptors (Lipinski definition) is 2. The lowest BCUT2D eigenvalue weighted by molar-refractivity contribution is 0.0117. The second-order valence-corrected chi connectivity index (χ2v) is 8.83. The average Bonchev–Trinajstić information content (AvgIpc) is 2.85. The van der Waals surface area contributed by atoms with Crippen LogP contribution in [0.4, 0.5) is 13.2 Å². The SMILES string of the molecule is C=CCOc1ccc(C2CCC(OCc3ccc(-c4ccc(C)cc4)c(F)c3F)CC2)c(F)c1. The van der Waals surface area contributed by atoms with Crippen molar-refractivity contribution in [1.82, 2.24) is 0 Å². The number of ether oxygens (including phenoxy) is 2. The number of hydrogen-bond donors (Lipinski definition) is 0. The highest BCUT2D eigenvalue weighted by Gasteiger charge is 2.25. The van der Waals surface area contributed by atoms with Crippen molar-refractivity contribution in [2.75, 3.05) is 6.61 Å². The van der Waals surface area contributed by atoms with E-state index in [0.29, 0.717) is 23.5 Å². The van der Waals surface area contributed by atoms with Crippen LogP contribution in [-0.4, -0.2) is 12.7 Å². The van der Waals surface area contributed by atoms with Gasteiger partial charge in [-0.1, -0.05) is 60.7 Å². The molecule has 0 saturated heterocycles. The Morgan fingerprint density at radius 3 is 2.32 bits per heavy atom. The molecule has 0 atom stereocenters. The maximum absolute atomic E-state index is 14.7. The van der Waals surface area contributed by atoms with E-state index >= 15 is 0 Å². The van der Waals surface area contributed by atoms with Gasteiger partial charge in [0.25, 0.3) is 0 Å². The zero-order valence-electron chi connectivity index (χ0n) is 19.3. The van der Waals surface area contributed by atoms with Crippen molar-refractivity contribution >= 4 is 0 Å². The number of benzene rings is 3. The first-order chi connectivity index (χ1) is 16.5. The molecule has 2 nitrogen and oxygen atoms in total. The van der Waals surface area contributed by atoms with Crippen molar-refractivity contribution in [1.29, 1.82) is 0 Å². The molecular formula is C29H29F3O2. The summed E-state index contributed by atoms with van der Waals surface area (Å²) in [6.45, 7) is 5.88. The third-order valence-corrected chi connectivity index (χ3v) is 6.45. The van der Waals surface area contributed by atoms with Crippen molar-refractivity contribution in [2.45, 2.75) is 51.2 Å². The van der Waals surface area contributed by atoms with Crippen LogP contribution in [0.5, 0.6) is 5.75 Å². The highest BCUT2D eigenvalue weighted by molar-refractivity contribution is 5.65. The van der Waals surface area contributed by atoms with E-state index < -0.39 is 11.6 Å². The first-order valence-electron chi connectivity index (χ1n) is 11.6. The van der Waals surface area contributed by atoms with Gasteiger partial charge < -0.3 is 9.47 Å². The summed E-state index contributed by atoms with van der Waals surface area (Å²) < 4.78 is 55.3. The van der Waals surface area contributed by atoms with Crippen LogP contribution in [0.25, 0.3) is 11.1 Å². The lowest BCUT2D eigenvalue weighted by Crippen LogP contribution is -2.21. The van der Waals surface area contributed by atoms with Crippen LogP contribution >= 0.6 is 0 Å². The molecule has 0 N–H and O–H groups in total. The van der Waals surface area contributed by atoms with Gasteiger partial charge in [0.1, 0.15) is 18.2 Å². The maximum Gasteiger partial charge on any atom is 0.167 e. The van der Waals surface area contributed by atoms with Crippen LogP contribution in [0.15, 0.2) is 67.3 Å². The molecule has 0 spiro atoms. The van der Waals surface area contributed by atoms with Gasteiger partial charge in [-0.25, -0.2) is 13.2 Å². The summed E-state index contributed by atoms with van der Waals surface area (Å²) in [5.41, 5.74) is 2.83. The van der Waals surface area contributed by atoms with Crippen molar-refractivity contribution in [3.63, 3.8) is 0 Å². The summed E-state index contributed by atoms with van der Waals surface area (Å²) in [6, 6.07) is 15.5. The summed E-state index contributed by atoms with van der Waals surface area (Å²) in [4.78, 5) is 0. The molecule has 0 aromatic heterocycles. The Bertz CT molecular complexity index is 1130. The van der Waals surface area contributed by atoms with Crippen LogP contribution in [0.3, 0.4) is 0 Å². The molecule has 4 rings (SSSR count). The van der Waals surface area contributed by atoms with Gasteiger partial charge in [0.15, 0.2) is 11.6 Å².